The third-order valence-corrected chi connectivity index (χ3v) is 6.30. The smallest absolute Gasteiger partial charge is 0.264 e. The predicted molar refractivity (Wildman–Crippen MR) is 111 cm³/mol. The molecule has 0 bridgehead atoms. The molecule has 3 rings (SSSR count). The molecule has 0 N–H and O–H groups in total. The van der Waals surface area contributed by atoms with Crippen molar-refractivity contribution in [3.63, 3.8) is 0 Å². The molecule has 0 spiro atoms. The van der Waals surface area contributed by atoms with E-state index in [0.29, 0.717) is 28.7 Å². The van der Waals surface area contributed by atoms with Gasteiger partial charge in [0, 0.05) is 39.9 Å². The van der Waals surface area contributed by atoms with E-state index in [2.05, 4.69) is 0 Å². The molecule has 1 atom stereocenters. The van der Waals surface area contributed by atoms with Gasteiger partial charge in [0.15, 0.2) is 0 Å². The third kappa shape index (κ3) is 4.17. The monoisotopic (exact) mass is 405 g/mol. The van der Waals surface area contributed by atoms with Crippen LogP contribution in [0, 0.1) is 0 Å². The predicted octanol–water partition coefficient (Wildman–Crippen LogP) is 5.10. The van der Waals surface area contributed by atoms with Crippen LogP contribution in [0.5, 0.6) is 0 Å². The zero-order chi connectivity index (χ0) is 18.7. The Morgan fingerprint density at radius 3 is 2.65 bits per heavy atom. The van der Waals surface area contributed by atoms with Crippen LogP contribution in [0.25, 0.3) is 10.1 Å². The molecule has 0 saturated carbocycles. The summed E-state index contributed by atoms with van der Waals surface area (Å²) in [7, 11) is -1.02. The van der Waals surface area contributed by atoms with E-state index in [0.717, 1.165) is 21.2 Å². The summed E-state index contributed by atoms with van der Waals surface area (Å²) < 4.78 is 12.9. The van der Waals surface area contributed by atoms with E-state index in [1.54, 1.807) is 11.2 Å². The summed E-state index contributed by atoms with van der Waals surface area (Å²) in [5, 5.41) is 1.68. The first-order valence-electron chi connectivity index (χ1n) is 8.33. The number of halogens is 1. The number of benzene rings is 2. The van der Waals surface area contributed by atoms with Crippen LogP contribution >= 0.6 is 22.9 Å². The van der Waals surface area contributed by atoms with Crippen molar-refractivity contribution >= 4 is 49.7 Å². The number of fused-ring (bicyclic) bond motifs is 1. The Balaban J connectivity index is 1.98. The van der Waals surface area contributed by atoms with Gasteiger partial charge in [-0.05, 0) is 41.6 Å². The van der Waals surface area contributed by atoms with Crippen molar-refractivity contribution in [3.05, 3.63) is 69.6 Å². The second-order valence-electron chi connectivity index (χ2n) is 6.07. The average Bonchev–Trinajstić information content (AvgIpc) is 2.97. The maximum Gasteiger partial charge on any atom is 0.264 e. The van der Waals surface area contributed by atoms with Crippen molar-refractivity contribution in [1.29, 1.82) is 0 Å². The number of hydrogen-bond acceptors (Lipinski definition) is 3. The second-order valence-corrected chi connectivity index (χ2v) is 9.00. The van der Waals surface area contributed by atoms with Crippen LogP contribution in [0.3, 0.4) is 0 Å². The molecule has 2 aromatic carbocycles. The van der Waals surface area contributed by atoms with Crippen molar-refractivity contribution in [2.45, 2.75) is 19.2 Å². The van der Waals surface area contributed by atoms with Gasteiger partial charge in [-0.1, -0.05) is 41.9 Å². The molecule has 3 nitrogen and oxygen atoms in total. The lowest BCUT2D eigenvalue weighted by Crippen LogP contribution is -2.30. The molecule has 0 aliphatic carbocycles. The minimum absolute atomic E-state index is 0.0193. The third-order valence-electron chi connectivity index (χ3n) is 4.17. The summed E-state index contributed by atoms with van der Waals surface area (Å²) in [4.78, 5) is 15.7. The summed E-state index contributed by atoms with van der Waals surface area (Å²) >= 11 is 7.55. The first-order chi connectivity index (χ1) is 12.5. The molecule has 0 saturated heterocycles. The summed E-state index contributed by atoms with van der Waals surface area (Å²) in [5.74, 6) is 0.369. The normalized spacial score (nSPS) is 12.3. The van der Waals surface area contributed by atoms with Crippen LogP contribution in [-0.4, -0.2) is 27.8 Å². The van der Waals surface area contributed by atoms with Gasteiger partial charge in [-0.3, -0.25) is 9.00 Å². The molecule has 0 fully saturated rings. The molecule has 0 radical (unpaired) electrons. The Hall–Kier alpha value is -1.69. The summed E-state index contributed by atoms with van der Waals surface area (Å²) in [5.41, 5.74) is 1.88. The van der Waals surface area contributed by atoms with Crippen LogP contribution in [0.15, 0.2) is 48.5 Å². The largest absolute Gasteiger partial charge is 0.334 e. The van der Waals surface area contributed by atoms with Crippen molar-refractivity contribution in [3.8, 4) is 0 Å². The highest BCUT2D eigenvalue weighted by Crippen LogP contribution is 2.33. The highest BCUT2D eigenvalue weighted by molar-refractivity contribution is 7.83. The van der Waals surface area contributed by atoms with Crippen molar-refractivity contribution < 1.29 is 9.00 Å². The molecule has 1 unspecified atom stereocenters. The second kappa shape index (κ2) is 8.33. The number of rotatable bonds is 6. The van der Waals surface area contributed by atoms with Gasteiger partial charge in [0.1, 0.15) is 0 Å². The fraction of sp³-hybridized carbons (Fsp3) is 0.250. The number of carbonyl (C=O) groups is 1. The first-order valence-corrected chi connectivity index (χ1v) is 11.3. The van der Waals surface area contributed by atoms with Crippen molar-refractivity contribution in [1.82, 2.24) is 4.90 Å². The van der Waals surface area contributed by atoms with Gasteiger partial charge in [-0.2, -0.15) is 0 Å². The van der Waals surface area contributed by atoms with Crippen molar-refractivity contribution in [2.24, 2.45) is 0 Å². The van der Waals surface area contributed by atoms with Crippen LogP contribution < -0.4 is 0 Å². The van der Waals surface area contributed by atoms with Gasteiger partial charge < -0.3 is 4.90 Å². The quantitative estimate of drug-likeness (QED) is 0.572. The highest BCUT2D eigenvalue weighted by atomic mass is 35.5. The fourth-order valence-electron chi connectivity index (χ4n) is 2.94. The van der Waals surface area contributed by atoms with Gasteiger partial charge in [-0.25, -0.2) is 0 Å². The number of amides is 1. The molecule has 136 valence electrons. The molecule has 0 aliphatic rings. The number of nitrogens with zero attached hydrogens (tertiary/aromatic N) is 1. The first kappa shape index (κ1) is 19.1. The minimum atomic E-state index is -1.02. The summed E-state index contributed by atoms with van der Waals surface area (Å²) in [6, 6.07) is 15.5. The van der Waals surface area contributed by atoms with E-state index in [1.165, 1.54) is 11.3 Å². The maximum atomic E-state index is 13.2. The number of carbonyl (C=O) groups excluding carboxylic acids is 1. The average molecular weight is 406 g/mol. The van der Waals surface area contributed by atoms with Gasteiger partial charge in [0.05, 0.1) is 10.6 Å². The SMILES string of the molecule is CCN(Cc1cccc(Cl)c1)C(=O)c1sc2ccccc2c1CS(C)=O. The molecular formula is C20H20ClNO2S2. The topological polar surface area (TPSA) is 37.4 Å². The standard InChI is InChI=1S/C20H20ClNO2S2/c1-3-22(12-14-7-6-8-15(21)11-14)20(23)19-17(13-26(2)24)16-9-4-5-10-18(16)25-19/h4-11H,3,12-13H2,1-2H3. The molecule has 3 aromatic rings. The molecule has 1 heterocycles. The van der Waals surface area contributed by atoms with Gasteiger partial charge in [-0.15, -0.1) is 11.3 Å². The lowest BCUT2D eigenvalue weighted by Gasteiger charge is -2.21. The lowest BCUT2D eigenvalue weighted by molar-refractivity contribution is 0.0757. The van der Waals surface area contributed by atoms with Crippen LogP contribution in [0.2, 0.25) is 5.02 Å². The Morgan fingerprint density at radius 1 is 1.19 bits per heavy atom. The Bertz CT molecular complexity index is 967. The van der Waals surface area contributed by atoms with E-state index in [1.807, 2.05) is 55.5 Å². The van der Waals surface area contributed by atoms with Gasteiger partial charge in [0.2, 0.25) is 0 Å². The number of hydrogen-bond donors (Lipinski definition) is 0. The maximum absolute atomic E-state index is 13.2. The van der Waals surface area contributed by atoms with Gasteiger partial charge in [0.25, 0.3) is 5.91 Å². The van der Waals surface area contributed by atoms with Crippen LogP contribution in [0.4, 0.5) is 0 Å². The minimum Gasteiger partial charge on any atom is -0.334 e. The van der Waals surface area contributed by atoms with E-state index in [4.69, 9.17) is 11.6 Å². The zero-order valence-corrected chi connectivity index (χ0v) is 17.1. The van der Waals surface area contributed by atoms with Crippen molar-refractivity contribution in [2.75, 3.05) is 12.8 Å². The lowest BCUT2D eigenvalue weighted by atomic mass is 10.1. The molecule has 1 amide bonds. The molecule has 6 heteroatoms. The van der Waals surface area contributed by atoms with Crippen LogP contribution in [-0.2, 0) is 23.1 Å². The molecule has 0 aliphatic heterocycles. The Morgan fingerprint density at radius 2 is 1.96 bits per heavy atom. The molecular weight excluding hydrogens is 386 g/mol. The summed E-state index contributed by atoms with van der Waals surface area (Å²) in [6.07, 6.45) is 1.67. The molecule has 26 heavy (non-hydrogen) atoms. The van der Waals surface area contributed by atoms with E-state index in [9.17, 15) is 9.00 Å². The Labute approximate surface area is 165 Å². The number of thiophene rings is 1. The fourth-order valence-corrected chi connectivity index (χ4v) is 5.14. The Kier molecular flexibility index (Phi) is 6.12. The van der Waals surface area contributed by atoms with E-state index < -0.39 is 10.8 Å². The van der Waals surface area contributed by atoms with Crippen LogP contribution in [0.1, 0.15) is 27.7 Å². The zero-order valence-electron chi connectivity index (χ0n) is 14.7. The van der Waals surface area contributed by atoms with Gasteiger partial charge >= 0.3 is 0 Å². The summed E-state index contributed by atoms with van der Waals surface area (Å²) in [6.45, 7) is 3.06. The van der Waals surface area contributed by atoms with E-state index in [-0.39, 0.29) is 5.91 Å². The van der Waals surface area contributed by atoms with E-state index >= 15 is 0 Å². The highest BCUT2D eigenvalue weighted by Gasteiger charge is 2.23. The molecule has 1 aromatic heterocycles.